The maximum absolute atomic E-state index is 13.0. The highest BCUT2D eigenvalue weighted by Crippen LogP contribution is 2.37. The van der Waals surface area contributed by atoms with Crippen molar-refractivity contribution in [3.05, 3.63) is 0 Å². The van der Waals surface area contributed by atoms with Crippen molar-refractivity contribution in [1.82, 2.24) is 10.1 Å². The number of piperidine rings is 2. The normalized spacial score (nSPS) is 26.3. The number of amides is 2. The number of rotatable bonds is 4. The third-order valence-corrected chi connectivity index (χ3v) is 5.24. The summed E-state index contributed by atoms with van der Waals surface area (Å²) in [7, 11) is 0. The first-order chi connectivity index (χ1) is 12.1. The van der Waals surface area contributed by atoms with Crippen LogP contribution in [0.4, 0.5) is 9.59 Å². The monoisotopic (exact) mass is 370 g/mol. The molecule has 0 aromatic carbocycles. The lowest BCUT2D eigenvalue weighted by Crippen LogP contribution is -2.52. The molecule has 26 heavy (non-hydrogen) atoms. The Morgan fingerprint density at radius 1 is 0.885 bits per heavy atom. The number of nitrogens with zero attached hydrogens (tertiary/aromatic N) is 2. The van der Waals surface area contributed by atoms with Crippen LogP contribution in [0.15, 0.2) is 0 Å². The highest BCUT2D eigenvalue weighted by atomic mass is 16.7. The molecule has 2 amide bonds. The lowest BCUT2D eigenvalue weighted by molar-refractivity contribution is -0.179. The topological polar surface area (TPSA) is 128 Å². The fourth-order valence-electron chi connectivity index (χ4n) is 3.90. The fourth-order valence-corrected chi connectivity index (χ4v) is 3.90. The van der Waals surface area contributed by atoms with Gasteiger partial charge in [0.05, 0.1) is 6.04 Å². The Morgan fingerprint density at radius 2 is 1.42 bits per heavy atom. The van der Waals surface area contributed by atoms with Crippen molar-refractivity contribution in [3.8, 4) is 0 Å². The highest BCUT2D eigenvalue weighted by molar-refractivity contribution is 5.83. The van der Waals surface area contributed by atoms with Crippen LogP contribution in [0.5, 0.6) is 0 Å². The van der Waals surface area contributed by atoms with E-state index >= 15 is 0 Å². The molecule has 0 radical (unpaired) electrons. The van der Waals surface area contributed by atoms with E-state index in [9.17, 15) is 14.4 Å². The van der Waals surface area contributed by atoms with E-state index in [4.69, 9.17) is 21.1 Å². The van der Waals surface area contributed by atoms with E-state index in [0.717, 1.165) is 0 Å². The lowest BCUT2D eigenvalue weighted by atomic mass is 9.74. The largest absolute Gasteiger partial charge is 0.423 e. The Kier molecular flexibility index (Phi) is 6.46. The van der Waals surface area contributed by atoms with Gasteiger partial charge < -0.3 is 21.1 Å². The van der Waals surface area contributed by atoms with Gasteiger partial charge in [0.1, 0.15) is 5.78 Å². The van der Waals surface area contributed by atoms with E-state index in [0.29, 0.717) is 45.3 Å². The number of hydrogen-bond acceptors (Lipinski definition) is 7. The van der Waals surface area contributed by atoms with E-state index in [1.54, 1.807) is 5.06 Å². The Labute approximate surface area is 153 Å². The minimum absolute atomic E-state index is 0.0445. The van der Waals surface area contributed by atoms with Gasteiger partial charge >= 0.3 is 12.2 Å². The van der Waals surface area contributed by atoms with Crippen molar-refractivity contribution < 1.29 is 24.1 Å². The van der Waals surface area contributed by atoms with Crippen molar-refractivity contribution in [2.45, 2.75) is 52.5 Å². The molecule has 0 saturated carbocycles. The highest BCUT2D eigenvalue weighted by Gasteiger charge is 2.42. The van der Waals surface area contributed by atoms with E-state index in [1.807, 2.05) is 0 Å². The number of hydrogen-bond donors (Lipinski definition) is 2. The first-order valence-electron chi connectivity index (χ1n) is 9.08. The predicted octanol–water partition coefficient (Wildman–Crippen LogP) is 1.41. The molecule has 4 N–H and O–H groups in total. The number of primary amides is 2. The molecule has 9 nitrogen and oxygen atoms in total. The molecule has 148 valence electrons. The molecule has 9 heteroatoms. The van der Waals surface area contributed by atoms with Gasteiger partial charge in [-0.2, -0.15) is 0 Å². The van der Waals surface area contributed by atoms with Gasteiger partial charge in [-0.25, -0.2) is 9.59 Å². The summed E-state index contributed by atoms with van der Waals surface area (Å²) in [6.45, 7) is 7.67. The molecule has 2 heterocycles. The maximum Gasteiger partial charge on any atom is 0.423 e. The van der Waals surface area contributed by atoms with Gasteiger partial charge in [-0.1, -0.05) is 20.8 Å². The number of ketones is 1. The second-order valence-electron chi connectivity index (χ2n) is 8.17. The van der Waals surface area contributed by atoms with Gasteiger partial charge in [0.15, 0.2) is 0 Å². The third-order valence-electron chi connectivity index (χ3n) is 5.24. The number of carbonyl (C=O) groups is 3. The molecule has 2 atom stereocenters. The quantitative estimate of drug-likeness (QED) is 0.765. The molecule has 0 spiro atoms. The molecule has 2 unspecified atom stereocenters. The molecule has 0 aliphatic carbocycles. The van der Waals surface area contributed by atoms with E-state index in [1.165, 1.54) is 5.06 Å². The third kappa shape index (κ3) is 5.31. The fraction of sp³-hybridized carbons (Fsp3) is 0.824. The van der Waals surface area contributed by atoms with Gasteiger partial charge in [-0.3, -0.25) is 4.79 Å². The predicted molar refractivity (Wildman–Crippen MR) is 93.3 cm³/mol. The Morgan fingerprint density at radius 3 is 1.92 bits per heavy atom. The average Bonchev–Trinajstić information content (AvgIpc) is 2.53. The Balaban J connectivity index is 1.96. The first kappa shape index (κ1) is 20.4. The molecular formula is C17H30N4O5. The van der Waals surface area contributed by atoms with Crippen LogP contribution in [0.2, 0.25) is 0 Å². The molecule has 0 bridgehead atoms. The molecule has 2 aliphatic rings. The first-order valence-corrected chi connectivity index (χ1v) is 9.08. The van der Waals surface area contributed by atoms with Crippen LogP contribution in [0.1, 0.15) is 46.5 Å². The van der Waals surface area contributed by atoms with Crippen LogP contribution >= 0.6 is 0 Å². The second kappa shape index (κ2) is 8.22. The number of nitrogens with two attached hydrogens (primary N) is 2. The Bertz CT molecular complexity index is 540. The number of Topliss-reactive ketones (excluding diaryl/α,β-unsaturated/α-hetero) is 1. The maximum atomic E-state index is 13.0. The summed E-state index contributed by atoms with van der Waals surface area (Å²) in [5.41, 5.74) is 10.0. The molecular weight excluding hydrogens is 340 g/mol. The lowest BCUT2D eigenvalue weighted by Gasteiger charge is -2.44. The smallest absolute Gasteiger partial charge is 0.351 e. The van der Waals surface area contributed by atoms with Crippen LogP contribution in [0.25, 0.3) is 0 Å². The van der Waals surface area contributed by atoms with Crippen molar-refractivity contribution in [3.63, 3.8) is 0 Å². The second-order valence-corrected chi connectivity index (χ2v) is 8.17. The summed E-state index contributed by atoms with van der Waals surface area (Å²) in [4.78, 5) is 45.0. The van der Waals surface area contributed by atoms with Gasteiger partial charge in [0, 0.05) is 31.5 Å². The summed E-state index contributed by atoms with van der Waals surface area (Å²) in [6.07, 6.45) is 0.897. The van der Waals surface area contributed by atoms with Crippen LogP contribution in [-0.4, -0.2) is 53.8 Å². The number of carbonyl (C=O) groups excluding carboxylic acids is 3. The zero-order valence-electron chi connectivity index (χ0n) is 15.8. The zero-order chi connectivity index (χ0) is 19.5. The Hall–Kier alpha value is -1.87. The van der Waals surface area contributed by atoms with E-state index < -0.39 is 12.2 Å². The summed E-state index contributed by atoms with van der Waals surface area (Å²) in [5.74, 6) is 0.134. The van der Waals surface area contributed by atoms with Crippen molar-refractivity contribution in [2.75, 3.05) is 19.6 Å². The summed E-state index contributed by atoms with van der Waals surface area (Å²) in [6, 6.07) is -0.0732. The van der Waals surface area contributed by atoms with Gasteiger partial charge in [-0.05, 0) is 31.1 Å². The molecule has 0 aromatic rings. The summed E-state index contributed by atoms with van der Waals surface area (Å²) in [5, 5.41) is 3.13. The van der Waals surface area contributed by atoms with Crippen LogP contribution < -0.4 is 11.5 Å². The minimum Gasteiger partial charge on any atom is -0.351 e. The van der Waals surface area contributed by atoms with E-state index in [2.05, 4.69) is 20.8 Å². The molecule has 2 saturated heterocycles. The van der Waals surface area contributed by atoms with Gasteiger partial charge in [-0.15, -0.1) is 10.1 Å². The minimum atomic E-state index is -0.829. The molecule has 0 aromatic heterocycles. The zero-order valence-corrected chi connectivity index (χ0v) is 15.8. The van der Waals surface area contributed by atoms with Crippen molar-refractivity contribution >= 4 is 18.0 Å². The standard InChI is InChI=1S/C17H30N4O5/c1-17(2,3)13-10-12(6-9-21(13)26-16(19)24)14(22)11-4-7-20(8-5-11)25-15(18)23/h11-13H,4-10H2,1-3H3,(H2,18,23)(H2,19,24). The van der Waals surface area contributed by atoms with Crippen molar-refractivity contribution in [2.24, 2.45) is 28.7 Å². The van der Waals surface area contributed by atoms with Gasteiger partial charge in [0.25, 0.3) is 0 Å². The number of hydroxylamine groups is 4. The summed E-state index contributed by atoms with van der Waals surface area (Å²) >= 11 is 0. The van der Waals surface area contributed by atoms with Crippen molar-refractivity contribution in [1.29, 1.82) is 0 Å². The summed E-state index contributed by atoms with van der Waals surface area (Å²) < 4.78 is 0. The van der Waals surface area contributed by atoms with Crippen LogP contribution in [0, 0.1) is 17.3 Å². The average molecular weight is 370 g/mol. The molecule has 2 fully saturated rings. The van der Waals surface area contributed by atoms with E-state index in [-0.39, 0.29) is 29.1 Å². The SMILES string of the molecule is CC(C)(C)C1CC(C(=O)C2CCN(OC(N)=O)CC2)CCN1OC(N)=O. The molecule has 2 rings (SSSR count). The van der Waals surface area contributed by atoms with Crippen LogP contribution in [-0.2, 0) is 14.5 Å². The molecule has 2 aliphatic heterocycles. The van der Waals surface area contributed by atoms with Gasteiger partial charge in [0.2, 0.25) is 0 Å². The van der Waals surface area contributed by atoms with Crippen LogP contribution in [0.3, 0.4) is 0 Å².